The first-order valence-corrected chi connectivity index (χ1v) is 13.3. The van der Waals surface area contributed by atoms with E-state index in [1.54, 1.807) is 18.1 Å². The monoisotopic (exact) mass is 491 g/mol. The number of aliphatic hydroxyl groups is 1. The molecule has 1 aliphatic heterocycles. The summed E-state index contributed by atoms with van der Waals surface area (Å²) in [5.41, 5.74) is 2.95. The van der Waals surface area contributed by atoms with Crippen LogP contribution in [0.5, 0.6) is 11.5 Å². The van der Waals surface area contributed by atoms with Crippen molar-refractivity contribution in [2.24, 2.45) is 23.2 Å². The third kappa shape index (κ3) is 4.37. The van der Waals surface area contributed by atoms with Crippen LogP contribution in [0.2, 0.25) is 0 Å². The number of nitrogens with one attached hydrogen (secondary N) is 1. The van der Waals surface area contributed by atoms with E-state index >= 15 is 0 Å². The number of nitriles is 1. The van der Waals surface area contributed by atoms with Crippen LogP contribution in [0.25, 0.3) is 5.57 Å². The Labute approximate surface area is 213 Å². The van der Waals surface area contributed by atoms with Gasteiger partial charge in [0.05, 0.1) is 12.7 Å². The Balaban J connectivity index is 1.44. The number of rotatable bonds is 8. The van der Waals surface area contributed by atoms with Crippen molar-refractivity contribution in [2.45, 2.75) is 58.6 Å². The predicted molar refractivity (Wildman–Crippen MR) is 137 cm³/mol. The van der Waals surface area contributed by atoms with Gasteiger partial charge in [-0.2, -0.15) is 5.26 Å². The topological polar surface area (TPSA) is 94.8 Å². The normalized spacial score (nSPS) is 30.4. The molecule has 0 spiro atoms. The Kier molecular flexibility index (Phi) is 6.74. The zero-order valence-electron chi connectivity index (χ0n) is 21.5. The molecule has 4 saturated carbocycles. The minimum Gasteiger partial charge on any atom is -0.493 e. The number of ether oxygens (including phenoxy) is 2. The quantitative estimate of drug-likeness (QED) is 0.565. The Hall–Kier alpha value is -2.98. The molecule has 1 atom stereocenters. The summed E-state index contributed by atoms with van der Waals surface area (Å²) < 4.78 is 11.4. The third-order valence-electron chi connectivity index (χ3n) is 8.82. The molecule has 1 aromatic carbocycles. The van der Waals surface area contributed by atoms with Crippen LogP contribution in [0.1, 0.15) is 57.9 Å². The lowest BCUT2D eigenvalue weighted by atomic mass is 9.48. The number of amides is 1. The maximum Gasteiger partial charge on any atom is 0.260 e. The highest BCUT2D eigenvalue weighted by molar-refractivity contribution is 5.83. The van der Waals surface area contributed by atoms with Crippen LogP contribution in [-0.2, 0) is 4.79 Å². The molecule has 0 radical (unpaired) electrons. The molecule has 6 rings (SSSR count). The number of nitrogens with zero attached hydrogens (tertiary/aromatic N) is 2. The van der Waals surface area contributed by atoms with Gasteiger partial charge in [0.2, 0.25) is 0 Å². The van der Waals surface area contributed by atoms with Crippen molar-refractivity contribution in [3.63, 3.8) is 0 Å². The van der Waals surface area contributed by atoms with E-state index in [2.05, 4.69) is 17.5 Å². The minimum atomic E-state index is -1.04. The Morgan fingerprint density at radius 3 is 2.33 bits per heavy atom. The van der Waals surface area contributed by atoms with Crippen molar-refractivity contribution in [3.05, 3.63) is 41.1 Å². The average Bonchev–Trinajstić information content (AvgIpc) is 2.86. The van der Waals surface area contributed by atoms with Crippen molar-refractivity contribution in [1.82, 2.24) is 10.2 Å². The molecule has 1 amide bonds. The lowest BCUT2D eigenvalue weighted by Crippen LogP contribution is -2.51. The van der Waals surface area contributed by atoms with Crippen LogP contribution in [0.15, 0.2) is 35.5 Å². The van der Waals surface area contributed by atoms with Gasteiger partial charge in [-0.3, -0.25) is 4.79 Å². The molecule has 2 N–H and O–H groups in total. The van der Waals surface area contributed by atoms with Gasteiger partial charge in [0.15, 0.2) is 24.3 Å². The van der Waals surface area contributed by atoms with Gasteiger partial charge in [0.1, 0.15) is 6.07 Å². The van der Waals surface area contributed by atoms with Crippen molar-refractivity contribution >= 4 is 11.5 Å². The molecule has 36 heavy (non-hydrogen) atoms. The van der Waals surface area contributed by atoms with E-state index in [1.165, 1.54) is 19.3 Å². The summed E-state index contributed by atoms with van der Waals surface area (Å²) in [4.78, 5) is 14.1. The van der Waals surface area contributed by atoms with Crippen LogP contribution < -0.4 is 14.8 Å². The Bertz CT molecular complexity index is 1090. The van der Waals surface area contributed by atoms with Gasteiger partial charge in [-0.1, -0.05) is 6.07 Å². The molecule has 0 aromatic heterocycles. The fourth-order valence-electron chi connectivity index (χ4n) is 7.50. The summed E-state index contributed by atoms with van der Waals surface area (Å²) in [6.07, 6.45) is 8.58. The van der Waals surface area contributed by atoms with Crippen molar-refractivity contribution in [3.8, 4) is 17.6 Å². The van der Waals surface area contributed by atoms with E-state index in [0.29, 0.717) is 30.2 Å². The maximum atomic E-state index is 12.4. The number of dihydropyridines is 1. The highest BCUT2D eigenvalue weighted by atomic mass is 16.5. The second-order valence-corrected chi connectivity index (χ2v) is 11.0. The highest BCUT2D eigenvalue weighted by Gasteiger charge is 2.53. The van der Waals surface area contributed by atoms with Crippen LogP contribution in [-0.4, -0.2) is 48.9 Å². The fourth-order valence-corrected chi connectivity index (χ4v) is 7.50. The maximum absolute atomic E-state index is 12.4. The lowest BCUT2D eigenvalue weighted by molar-refractivity contribution is -0.132. The lowest BCUT2D eigenvalue weighted by Gasteiger charge is -2.58. The molecular formula is C29H37N3O4. The fraction of sp³-hybridized carbons (Fsp3) is 0.586. The molecule has 7 nitrogen and oxygen atoms in total. The van der Waals surface area contributed by atoms with Crippen LogP contribution in [0.3, 0.4) is 0 Å². The van der Waals surface area contributed by atoms with Gasteiger partial charge in [0.25, 0.3) is 5.91 Å². The summed E-state index contributed by atoms with van der Waals surface area (Å²) in [7, 11) is 1.56. The summed E-state index contributed by atoms with van der Waals surface area (Å²) in [6, 6.07) is 7.69. The molecule has 1 aromatic rings. The Morgan fingerprint density at radius 1 is 1.14 bits per heavy atom. The molecule has 192 valence electrons. The van der Waals surface area contributed by atoms with Gasteiger partial charge in [-0.25, -0.2) is 0 Å². The molecule has 7 heteroatoms. The second kappa shape index (κ2) is 9.82. The SMILES string of the molecule is CCN(CC)C(=O)COc1ccc(C2=C(C#N)C(O)NC(C34CC5CC(CC(C5)C3)C4)=C2)cc1OC. The number of methoxy groups -OCH3 is 1. The first kappa shape index (κ1) is 24.7. The van der Waals surface area contributed by atoms with Gasteiger partial charge < -0.3 is 24.8 Å². The number of aliphatic hydroxyl groups excluding tert-OH is 1. The molecule has 1 unspecified atom stereocenters. The van der Waals surface area contributed by atoms with E-state index in [-0.39, 0.29) is 17.9 Å². The van der Waals surface area contributed by atoms with Crippen LogP contribution in [0.4, 0.5) is 0 Å². The van der Waals surface area contributed by atoms with Gasteiger partial charge in [-0.15, -0.1) is 0 Å². The molecular weight excluding hydrogens is 454 g/mol. The zero-order chi connectivity index (χ0) is 25.4. The molecule has 4 bridgehead atoms. The number of benzene rings is 1. The van der Waals surface area contributed by atoms with Crippen molar-refractivity contribution in [2.75, 3.05) is 26.8 Å². The first-order valence-electron chi connectivity index (χ1n) is 13.3. The summed E-state index contributed by atoms with van der Waals surface area (Å²) in [5.74, 6) is 3.21. The molecule has 0 saturated heterocycles. The van der Waals surface area contributed by atoms with E-state index in [4.69, 9.17) is 9.47 Å². The molecule has 1 heterocycles. The summed E-state index contributed by atoms with van der Waals surface area (Å²) >= 11 is 0. The smallest absolute Gasteiger partial charge is 0.260 e. The van der Waals surface area contributed by atoms with Gasteiger partial charge in [0, 0.05) is 29.8 Å². The molecule has 5 aliphatic rings. The number of carbonyl (C=O) groups excluding carboxylic acids is 1. The standard InChI is InChI=1S/C29H37N3O4/c1-4-32(5-2)27(33)17-36-24-7-6-21(11-25(24)35-3)22-12-26(31-28(34)23(22)16-30)29-13-18-8-19(14-29)10-20(9-18)15-29/h6-7,11-12,18-20,28,31,34H,4-5,8-10,13-15,17H2,1-3H3. The molecule has 4 fully saturated rings. The Morgan fingerprint density at radius 2 is 1.78 bits per heavy atom. The number of likely N-dealkylation sites (N-methyl/N-ethyl adjacent to an activating group) is 1. The number of allylic oxidation sites excluding steroid dienone is 3. The van der Waals surface area contributed by atoms with Gasteiger partial charge >= 0.3 is 0 Å². The summed E-state index contributed by atoms with van der Waals surface area (Å²) in [5, 5.41) is 24.2. The zero-order valence-corrected chi connectivity index (χ0v) is 21.5. The minimum absolute atomic E-state index is 0.0672. The first-order chi connectivity index (χ1) is 17.4. The largest absolute Gasteiger partial charge is 0.493 e. The molecule has 4 aliphatic carbocycles. The van der Waals surface area contributed by atoms with E-state index in [9.17, 15) is 15.2 Å². The number of hydrogen-bond acceptors (Lipinski definition) is 6. The van der Waals surface area contributed by atoms with Gasteiger partial charge in [-0.05, 0) is 93.9 Å². The van der Waals surface area contributed by atoms with E-state index in [1.807, 2.05) is 26.0 Å². The van der Waals surface area contributed by atoms with E-state index < -0.39 is 6.23 Å². The van der Waals surface area contributed by atoms with Crippen molar-refractivity contribution in [1.29, 1.82) is 5.26 Å². The van der Waals surface area contributed by atoms with E-state index in [0.717, 1.165) is 53.8 Å². The highest BCUT2D eigenvalue weighted by Crippen LogP contribution is 2.62. The number of hydrogen-bond donors (Lipinski definition) is 2. The van der Waals surface area contributed by atoms with Crippen molar-refractivity contribution < 1.29 is 19.4 Å². The van der Waals surface area contributed by atoms with Crippen LogP contribution >= 0.6 is 0 Å². The predicted octanol–water partition coefficient (Wildman–Crippen LogP) is 4.24. The second-order valence-electron chi connectivity index (χ2n) is 11.0. The number of carbonyl (C=O) groups is 1. The third-order valence-corrected chi connectivity index (χ3v) is 8.82. The average molecular weight is 492 g/mol. The summed E-state index contributed by atoms with van der Waals surface area (Å²) in [6.45, 7) is 5.08. The van der Waals surface area contributed by atoms with Crippen LogP contribution in [0, 0.1) is 34.5 Å².